The first-order valence-corrected chi connectivity index (χ1v) is 13.0. The second kappa shape index (κ2) is 8.16. The highest BCUT2D eigenvalue weighted by atomic mass is 32.1. The monoisotopic (exact) mass is 481 g/mol. The maximum Gasteiger partial charge on any atom is 0.0963 e. The molecule has 4 heterocycles. The largest absolute Gasteiger partial charge is 0.373 e. The van der Waals surface area contributed by atoms with Gasteiger partial charge in [-0.25, -0.2) is 0 Å². The van der Waals surface area contributed by atoms with Gasteiger partial charge in [0.15, 0.2) is 0 Å². The minimum absolute atomic E-state index is 0.299. The molecule has 0 unspecified atom stereocenters. The Bertz CT molecular complexity index is 1520. The third-order valence-corrected chi connectivity index (χ3v) is 8.32. The molecule has 5 aromatic rings. The average Bonchev–Trinajstić information content (AvgIpc) is 3.60. The summed E-state index contributed by atoms with van der Waals surface area (Å²) in [5, 5.41) is 16.3. The molecule has 7 heteroatoms. The maximum absolute atomic E-state index is 5.87. The molecule has 1 aliphatic heterocycles. The van der Waals surface area contributed by atoms with E-state index in [1.165, 1.54) is 32.0 Å². The van der Waals surface area contributed by atoms with E-state index in [4.69, 9.17) is 4.74 Å². The van der Waals surface area contributed by atoms with E-state index in [1.807, 2.05) is 17.5 Å². The summed E-state index contributed by atoms with van der Waals surface area (Å²) >= 11 is 1.90. The first-order chi connectivity index (χ1) is 17.1. The van der Waals surface area contributed by atoms with Crippen molar-refractivity contribution >= 4 is 22.2 Å². The van der Waals surface area contributed by atoms with Crippen LogP contribution in [0.3, 0.4) is 0 Å². The second-order valence-electron chi connectivity index (χ2n) is 9.87. The van der Waals surface area contributed by atoms with E-state index < -0.39 is 0 Å². The highest BCUT2D eigenvalue weighted by molar-refractivity contribution is 7.16. The highest BCUT2D eigenvalue weighted by Gasteiger charge is 2.28. The van der Waals surface area contributed by atoms with Crippen LogP contribution in [0.1, 0.15) is 29.9 Å². The SMILES string of the molecule is C[C@@H]1CN(Cc2ccc(-c3cc4c(s3)Cc3c(-c5ccc6cn[nH]c6c5)n[nH]c3-4)cc2)C[C@H](C)O1. The Balaban J connectivity index is 1.12. The molecule has 0 bridgehead atoms. The van der Waals surface area contributed by atoms with Gasteiger partial charge in [0.05, 0.1) is 35.3 Å². The number of hydrogen-bond donors (Lipinski definition) is 2. The number of nitrogens with one attached hydrogen (secondary N) is 2. The number of benzene rings is 2. The molecule has 2 atom stereocenters. The summed E-state index contributed by atoms with van der Waals surface area (Å²) in [4.78, 5) is 5.22. The van der Waals surface area contributed by atoms with Crippen LogP contribution in [0.25, 0.3) is 43.9 Å². The van der Waals surface area contributed by atoms with Gasteiger partial charge in [-0.05, 0) is 37.1 Å². The number of morpholine rings is 1. The van der Waals surface area contributed by atoms with Crippen LogP contribution < -0.4 is 0 Å². The van der Waals surface area contributed by atoms with Gasteiger partial charge in [0.25, 0.3) is 0 Å². The number of aromatic amines is 2. The molecule has 2 N–H and O–H groups in total. The molecule has 0 saturated carbocycles. The van der Waals surface area contributed by atoms with Crippen molar-refractivity contribution in [1.29, 1.82) is 0 Å². The van der Waals surface area contributed by atoms with Crippen LogP contribution in [0, 0.1) is 0 Å². The standard InChI is InChI=1S/C28H27N5OS/c1-16-13-33(14-17(2)34-16)15-18-3-5-19(6-4-18)25-10-22-26(35-25)11-23-27(31-32-28(22)23)20-7-8-21-12-29-30-24(21)9-20/h3-10,12,16-17H,11,13-15H2,1-2H3,(H,29,30)(H,31,32)/t16-,17+. The van der Waals surface area contributed by atoms with Gasteiger partial charge >= 0.3 is 0 Å². The molecule has 0 radical (unpaired) electrons. The van der Waals surface area contributed by atoms with Crippen LogP contribution in [0.5, 0.6) is 0 Å². The number of nitrogens with zero attached hydrogens (tertiary/aromatic N) is 3. The Hall–Kier alpha value is -3.26. The summed E-state index contributed by atoms with van der Waals surface area (Å²) in [6, 6.07) is 17.8. The van der Waals surface area contributed by atoms with Crippen LogP contribution in [-0.4, -0.2) is 50.6 Å². The molecular weight excluding hydrogens is 454 g/mol. The van der Waals surface area contributed by atoms with Crippen molar-refractivity contribution in [3.05, 3.63) is 70.7 Å². The van der Waals surface area contributed by atoms with Gasteiger partial charge in [0, 0.05) is 57.9 Å². The molecule has 0 amide bonds. The van der Waals surface area contributed by atoms with Crippen LogP contribution >= 0.6 is 11.3 Å². The van der Waals surface area contributed by atoms with E-state index in [0.717, 1.165) is 53.9 Å². The quantitative estimate of drug-likeness (QED) is 0.331. The molecule has 0 spiro atoms. The van der Waals surface area contributed by atoms with E-state index in [1.54, 1.807) is 0 Å². The number of H-pyrrole nitrogens is 2. The zero-order valence-electron chi connectivity index (χ0n) is 19.8. The van der Waals surface area contributed by atoms with Crippen molar-refractivity contribution < 1.29 is 4.74 Å². The van der Waals surface area contributed by atoms with Crippen LogP contribution in [0.2, 0.25) is 0 Å². The lowest BCUT2D eigenvalue weighted by atomic mass is 10.0. The molecular formula is C28H27N5OS. The Labute approximate surface area is 208 Å². The van der Waals surface area contributed by atoms with Gasteiger partial charge in [-0.1, -0.05) is 36.4 Å². The summed E-state index contributed by atoms with van der Waals surface area (Å²) in [6.07, 6.45) is 3.37. The van der Waals surface area contributed by atoms with Gasteiger partial charge in [-0.2, -0.15) is 10.2 Å². The molecule has 1 saturated heterocycles. The fraction of sp³-hybridized carbons (Fsp3) is 0.286. The average molecular weight is 482 g/mol. The van der Waals surface area contributed by atoms with E-state index in [0.29, 0.717) is 12.2 Å². The number of thiophene rings is 1. The van der Waals surface area contributed by atoms with E-state index in [-0.39, 0.29) is 0 Å². The predicted molar refractivity (Wildman–Crippen MR) is 141 cm³/mol. The van der Waals surface area contributed by atoms with Crippen molar-refractivity contribution in [2.24, 2.45) is 0 Å². The number of ether oxygens (including phenoxy) is 1. The Kier molecular flexibility index (Phi) is 4.91. The third kappa shape index (κ3) is 3.71. The molecule has 2 aromatic carbocycles. The summed E-state index contributed by atoms with van der Waals surface area (Å²) < 4.78 is 5.87. The fourth-order valence-electron chi connectivity index (χ4n) is 5.60. The molecule has 3 aromatic heterocycles. The smallest absolute Gasteiger partial charge is 0.0963 e. The molecule has 1 fully saturated rings. The summed E-state index contributed by atoms with van der Waals surface area (Å²) in [5.74, 6) is 0. The maximum atomic E-state index is 5.87. The highest BCUT2D eigenvalue weighted by Crippen LogP contribution is 2.46. The Morgan fingerprint density at radius 3 is 2.63 bits per heavy atom. The second-order valence-corrected chi connectivity index (χ2v) is 11.0. The van der Waals surface area contributed by atoms with Crippen molar-refractivity contribution in [2.45, 2.75) is 39.0 Å². The molecule has 176 valence electrons. The first-order valence-electron chi connectivity index (χ1n) is 12.2. The van der Waals surface area contributed by atoms with Gasteiger partial charge < -0.3 is 4.74 Å². The van der Waals surface area contributed by atoms with Gasteiger partial charge in [-0.15, -0.1) is 11.3 Å². The summed E-state index contributed by atoms with van der Waals surface area (Å²) in [7, 11) is 0. The Morgan fingerprint density at radius 1 is 1.00 bits per heavy atom. The van der Waals surface area contributed by atoms with E-state index >= 15 is 0 Å². The summed E-state index contributed by atoms with van der Waals surface area (Å²) in [5.41, 5.74) is 9.58. The zero-order valence-corrected chi connectivity index (χ0v) is 20.7. The number of fused-ring (bicyclic) bond motifs is 4. The van der Waals surface area contributed by atoms with Crippen molar-refractivity contribution in [1.82, 2.24) is 25.3 Å². The Morgan fingerprint density at radius 2 is 1.80 bits per heavy atom. The lowest BCUT2D eigenvalue weighted by Crippen LogP contribution is -2.44. The lowest BCUT2D eigenvalue weighted by Gasteiger charge is -2.35. The fourth-order valence-corrected chi connectivity index (χ4v) is 6.79. The number of rotatable bonds is 4. The van der Waals surface area contributed by atoms with Crippen molar-refractivity contribution in [3.63, 3.8) is 0 Å². The molecule has 1 aliphatic carbocycles. The minimum Gasteiger partial charge on any atom is -0.373 e. The van der Waals surface area contributed by atoms with Gasteiger partial charge in [0.2, 0.25) is 0 Å². The normalized spacial score (nSPS) is 19.8. The molecule has 6 nitrogen and oxygen atoms in total. The first kappa shape index (κ1) is 21.1. The van der Waals surface area contributed by atoms with Crippen LogP contribution in [-0.2, 0) is 17.7 Å². The van der Waals surface area contributed by atoms with Crippen LogP contribution in [0.15, 0.2) is 54.7 Å². The van der Waals surface area contributed by atoms with Gasteiger partial charge in [0.1, 0.15) is 0 Å². The summed E-state index contributed by atoms with van der Waals surface area (Å²) in [6.45, 7) is 7.28. The van der Waals surface area contributed by atoms with Crippen molar-refractivity contribution in [3.8, 4) is 33.0 Å². The minimum atomic E-state index is 0.299. The lowest BCUT2D eigenvalue weighted by molar-refractivity contribution is -0.0704. The van der Waals surface area contributed by atoms with Crippen LogP contribution in [0.4, 0.5) is 0 Å². The zero-order chi connectivity index (χ0) is 23.5. The third-order valence-electron chi connectivity index (χ3n) is 7.14. The van der Waals surface area contributed by atoms with E-state index in [2.05, 4.69) is 87.7 Å². The van der Waals surface area contributed by atoms with E-state index in [9.17, 15) is 0 Å². The predicted octanol–water partition coefficient (Wildman–Crippen LogP) is 5.86. The van der Waals surface area contributed by atoms with Crippen molar-refractivity contribution in [2.75, 3.05) is 13.1 Å². The molecule has 2 aliphatic rings. The topological polar surface area (TPSA) is 69.8 Å². The molecule has 7 rings (SSSR count). The van der Waals surface area contributed by atoms with Gasteiger partial charge in [-0.3, -0.25) is 15.1 Å². The number of aromatic nitrogens is 4. The number of hydrogen-bond acceptors (Lipinski definition) is 5. The molecule has 35 heavy (non-hydrogen) atoms.